The average Bonchev–Trinajstić information content (AvgIpc) is 3.30. The van der Waals surface area contributed by atoms with Gasteiger partial charge in [0, 0.05) is 24.6 Å². The quantitative estimate of drug-likeness (QED) is 0.790. The summed E-state index contributed by atoms with van der Waals surface area (Å²) in [5, 5.41) is 4.04. The van der Waals surface area contributed by atoms with Crippen LogP contribution in [0.15, 0.2) is 27.6 Å². The molecular weight excluding hydrogens is 370 g/mol. The highest BCUT2D eigenvalue weighted by atomic mass is 32.2. The molecule has 3 heterocycles. The third kappa shape index (κ3) is 3.41. The van der Waals surface area contributed by atoms with Crippen molar-refractivity contribution < 1.29 is 22.4 Å². The van der Waals surface area contributed by atoms with Gasteiger partial charge in [0.1, 0.15) is 13.2 Å². The zero-order chi connectivity index (χ0) is 19.2. The maximum Gasteiger partial charge on any atom is 0.243 e. The van der Waals surface area contributed by atoms with Crippen molar-refractivity contribution in [2.75, 3.05) is 26.3 Å². The summed E-state index contributed by atoms with van der Waals surface area (Å²) in [7, 11) is -3.63. The number of nitrogens with zero attached hydrogens (tertiary/aromatic N) is 3. The highest BCUT2D eigenvalue weighted by Crippen LogP contribution is 2.36. The highest BCUT2D eigenvalue weighted by molar-refractivity contribution is 7.89. The smallest absolute Gasteiger partial charge is 0.243 e. The molecule has 1 fully saturated rings. The van der Waals surface area contributed by atoms with Crippen LogP contribution in [0.1, 0.15) is 44.8 Å². The Morgan fingerprint density at radius 2 is 1.89 bits per heavy atom. The fourth-order valence-corrected chi connectivity index (χ4v) is 4.70. The van der Waals surface area contributed by atoms with E-state index in [0.717, 1.165) is 0 Å². The fourth-order valence-electron chi connectivity index (χ4n) is 3.19. The van der Waals surface area contributed by atoms with Crippen LogP contribution in [0, 0.1) is 0 Å². The molecule has 9 heteroatoms. The molecule has 4 rings (SSSR count). The monoisotopic (exact) mass is 393 g/mol. The summed E-state index contributed by atoms with van der Waals surface area (Å²) in [4.78, 5) is 4.68. The molecule has 0 radical (unpaired) electrons. The molecule has 1 atom stereocenters. The molecule has 27 heavy (non-hydrogen) atoms. The van der Waals surface area contributed by atoms with Gasteiger partial charge in [0.25, 0.3) is 0 Å². The van der Waals surface area contributed by atoms with Gasteiger partial charge >= 0.3 is 0 Å². The van der Waals surface area contributed by atoms with Gasteiger partial charge < -0.3 is 14.0 Å². The van der Waals surface area contributed by atoms with Crippen LogP contribution in [-0.4, -0.2) is 49.2 Å². The molecule has 0 aliphatic carbocycles. The van der Waals surface area contributed by atoms with Gasteiger partial charge in [0.2, 0.25) is 15.9 Å². The van der Waals surface area contributed by atoms with Gasteiger partial charge in [-0.05, 0) is 18.6 Å². The first-order valence-corrected chi connectivity index (χ1v) is 10.4. The van der Waals surface area contributed by atoms with Crippen molar-refractivity contribution in [1.82, 2.24) is 14.4 Å². The first-order valence-electron chi connectivity index (χ1n) is 8.99. The Balaban J connectivity index is 1.53. The van der Waals surface area contributed by atoms with Crippen LogP contribution in [0.4, 0.5) is 0 Å². The lowest BCUT2D eigenvalue weighted by atomic mass is 9.96. The topological polar surface area (TPSA) is 94.8 Å². The van der Waals surface area contributed by atoms with Gasteiger partial charge in [0.05, 0.1) is 10.8 Å². The van der Waals surface area contributed by atoms with Crippen molar-refractivity contribution >= 4 is 10.0 Å². The van der Waals surface area contributed by atoms with Crippen molar-refractivity contribution in [3.05, 3.63) is 29.9 Å². The SMILES string of the molecule is CC(C)(C)c1noc(C2CCN(S(=O)(=O)c3ccc4c(c3)OCCO4)C2)n1. The van der Waals surface area contributed by atoms with E-state index in [1.165, 1.54) is 10.4 Å². The molecule has 2 aromatic rings. The number of fused-ring (bicyclic) bond motifs is 1. The molecule has 0 N–H and O–H groups in total. The van der Waals surface area contributed by atoms with Crippen molar-refractivity contribution in [2.45, 2.75) is 43.4 Å². The molecule has 2 aliphatic rings. The number of benzene rings is 1. The van der Waals surface area contributed by atoms with E-state index < -0.39 is 10.0 Å². The molecule has 1 aromatic heterocycles. The van der Waals surface area contributed by atoms with Gasteiger partial charge in [-0.25, -0.2) is 8.42 Å². The minimum Gasteiger partial charge on any atom is -0.486 e. The normalized spacial score (nSPS) is 20.8. The molecule has 1 aromatic carbocycles. The van der Waals surface area contributed by atoms with Gasteiger partial charge in [0.15, 0.2) is 17.3 Å². The predicted molar refractivity (Wildman–Crippen MR) is 96.5 cm³/mol. The molecule has 0 amide bonds. The molecule has 0 saturated carbocycles. The van der Waals surface area contributed by atoms with E-state index in [0.29, 0.717) is 55.9 Å². The molecule has 2 aliphatic heterocycles. The standard InChI is InChI=1S/C18H23N3O5S/c1-18(2,3)17-19-16(26-20-17)12-6-7-21(11-12)27(22,23)13-4-5-14-15(10-13)25-9-8-24-14/h4-5,10,12H,6-9,11H2,1-3H3. The summed E-state index contributed by atoms with van der Waals surface area (Å²) >= 11 is 0. The van der Waals surface area contributed by atoms with Crippen molar-refractivity contribution in [1.29, 1.82) is 0 Å². The van der Waals surface area contributed by atoms with E-state index in [2.05, 4.69) is 10.1 Å². The summed E-state index contributed by atoms with van der Waals surface area (Å²) in [6, 6.07) is 4.73. The van der Waals surface area contributed by atoms with Gasteiger partial charge in [-0.3, -0.25) is 0 Å². The number of sulfonamides is 1. The lowest BCUT2D eigenvalue weighted by molar-refractivity contribution is 0.171. The van der Waals surface area contributed by atoms with Crippen molar-refractivity contribution in [3.8, 4) is 11.5 Å². The second-order valence-electron chi connectivity index (χ2n) is 7.86. The number of aromatic nitrogens is 2. The maximum absolute atomic E-state index is 13.0. The van der Waals surface area contributed by atoms with E-state index >= 15 is 0 Å². The van der Waals surface area contributed by atoms with Crippen LogP contribution in [0.5, 0.6) is 11.5 Å². The van der Waals surface area contributed by atoms with Crippen LogP contribution in [0.3, 0.4) is 0 Å². The fraction of sp³-hybridized carbons (Fsp3) is 0.556. The zero-order valence-electron chi connectivity index (χ0n) is 15.6. The van der Waals surface area contributed by atoms with Crippen LogP contribution in [-0.2, 0) is 15.4 Å². The predicted octanol–water partition coefficient (Wildman–Crippen LogP) is 2.32. The summed E-state index contributed by atoms with van der Waals surface area (Å²) in [5.41, 5.74) is -0.211. The Morgan fingerprint density at radius 3 is 2.59 bits per heavy atom. The lowest BCUT2D eigenvalue weighted by Crippen LogP contribution is -2.29. The minimum absolute atomic E-state index is 0.0967. The highest BCUT2D eigenvalue weighted by Gasteiger charge is 2.37. The number of ether oxygens (including phenoxy) is 2. The van der Waals surface area contributed by atoms with Crippen molar-refractivity contribution in [3.63, 3.8) is 0 Å². The summed E-state index contributed by atoms with van der Waals surface area (Å²) < 4.78 is 43.9. The second-order valence-corrected chi connectivity index (χ2v) is 9.80. The Labute approximate surface area is 158 Å². The third-order valence-electron chi connectivity index (χ3n) is 4.76. The van der Waals surface area contributed by atoms with Crippen LogP contribution in [0.2, 0.25) is 0 Å². The van der Waals surface area contributed by atoms with Gasteiger partial charge in [-0.1, -0.05) is 25.9 Å². The van der Waals surface area contributed by atoms with E-state index in [1.807, 2.05) is 20.8 Å². The minimum atomic E-state index is -3.63. The second kappa shape index (κ2) is 6.49. The first-order chi connectivity index (χ1) is 12.7. The lowest BCUT2D eigenvalue weighted by Gasteiger charge is -2.21. The zero-order valence-corrected chi connectivity index (χ0v) is 16.5. The van der Waals surface area contributed by atoms with Crippen LogP contribution < -0.4 is 9.47 Å². The molecule has 146 valence electrons. The number of hydrogen-bond donors (Lipinski definition) is 0. The molecular formula is C18H23N3O5S. The number of hydrogen-bond acceptors (Lipinski definition) is 7. The Bertz CT molecular complexity index is 948. The maximum atomic E-state index is 13.0. The largest absolute Gasteiger partial charge is 0.486 e. The first kappa shape index (κ1) is 18.2. The van der Waals surface area contributed by atoms with E-state index in [1.54, 1.807) is 12.1 Å². The van der Waals surface area contributed by atoms with Crippen LogP contribution >= 0.6 is 0 Å². The summed E-state index contributed by atoms with van der Waals surface area (Å²) in [6.45, 7) is 7.64. The van der Waals surface area contributed by atoms with E-state index in [-0.39, 0.29) is 16.2 Å². The van der Waals surface area contributed by atoms with E-state index in [4.69, 9.17) is 14.0 Å². The third-order valence-corrected chi connectivity index (χ3v) is 6.63. The van der Waals surface area contributed by atoms with Gasteiger partial charge in [-0.2, -0.15) is 9.29 Å². The Hall–Kier alpha value is -2.13. The Morgan fingerprint density at radius 1 is 1.15 bits per heavy atom. The summed E-state index contributed by atoms with van der Waals surface area (Å²) in [6.07, 6.45) is 0.648. The average molecular weight is 393 g/mol. The Kier molecular flexibility index (Phi) is 4.38. The van der Waals surface area contributed by atoms with Crippen LogP contribution in [0.25, 0.3) is 0 Å². The molecule has 1 saturated heterocycles. The summed E-state index contributed by atoms with van der Waals surface area (Å²) in [5.74, 6) is 2.07. The van der Waals surface area contributed by atoms with Gasteiger partial charge in [-0.15, -0.1) is 0 Å². The van der Waals surface area contributed by atoms with Crippen molar-refractivity contribution in [2.24, 2.45) is 0 Å². The molecule has 1 unspecified atom stereocenters. The van der Waals surface area contributed by atoms with E-state index in [9.17, 15) is 8.42 Å². The molecule has 8 nitrogen and oxygen atoms in total. The molecule has 0 bridgehead atoms. The molecule has 0 spiro atoms. The number of rotatable bonds is 3.